The number of nitrogens with one attached hydrogen (secondary N) is 1. The number of rotatable bonds is 6. The first kappa shape index (κ1) is 16.0. The minimum absolute atomic E-state index is 0.00152. The monoisotopic (exact) mass is 293 g/mol. The van der Waals surface area contributed by atoms with E-state index in [1.54, 1.807) is 7.11 Å². The van der Waals surface area contributed by atoms with Crippen LogP contribution in [0.4, 0.5) is 5.69 Å². The number of anilines is 1. The highest BCUT2D eigenvalue weighted by atomic mass is 16.5. The van der Waals surface area contributed by atoms with E-state index in [2.05, 4.69) is 19.2 Å². The predicted octanol–water partition coefficient (Wildman–Crippen LogP) is 3.30. The van der Waals surface area contributed by atoms with Crippen LogP contribution in [0, 0.1) is 11.8 Å². The van der Waals surface area contributed by atoms with Crippen LogP contribution in [0.1, 0.15) is 33.1 Å². The highest BCUT2D eigenvalue weighted by Gasteiger charge is 2.23. The summed E-state index contributed by atoms with van der Waals surface area (Å²) in [5.41, 5.74) is 1.05. The SMILES string of the molecule is COc1ccc(NC2CC(C)CC(C)C2)cc1OCCO. The smallest absolute Gasteiger partial charge is 0.163 e. The molecule has 1 fully saturated rings. The van der Waals surface area contributed by atoms with Crippen LogP contribution < -0.4 is 14.8 Å². The number of methoxy groups -OCH3 is 1. The first-order valence-electron chi connectivity index (χ1n) is 7.80. The summed E-state index contributed by atoms with van der Waals surface area (Å²) in [5, 5.41) is 12.5. The highest BCUT2D eigenvalue weighted by molar-refractivity contribution is 5.55. The standard InChI is InChI=1S/C17H27NO3/c1-12-8-13(2)10-15(9-12)18-14-4-5-16(20-3)17(11-14)21-7-6-19/h4-5,11-13,15,18-19H,6-10H2,1-3H3. The summed E-state index contributed by atoms with van der Waals surface area (Å²) in [6, 6.07) is 6.40. The third-order valence-electron chi connectivity index (χ3n) is 4.06. The largest absolute Gasteiger partial charge is 0.493 e. The van der Waals surface area contributed by atoms with Crippen LogP contribution in [-0.4, -0.2) is 31.5 Å². The molecule has 2 N–H and O–H groups in total. The molecule has 0 saturated heterocycles. The van der Waals surface area contributed by atoms with Crippen LogP contribution in [0.2, 0.25) is 0 Å². The van der Waals surface area contributed by atoms with Gasteiger partial charge in [-0.2, -0.15) is 0 Å². The molecular formula is C17H27NO3. The van der Waals surface area contributed by atoms with E-state index in [0.29, 0.717) is 17.5 Å². The normalized spacial score (nSPS) is 25.4. The molecule has 2 unspecified atom stereocenters. The Morgan fingerprint density at radius 1 is 1.14 bits per heavy atom. The van der Waals surface area contributed by atoms with E-state index < -0.39 is 0 Å². The van der Waals surface area contributed by atoms with E-state index in [0.717, 1.165) is 17.5 Å². The Labute approximate surface area is 127 Å². The number of benzene rings is 1. The minimum Gasteiger partial charge on any atom is -0.493 e. The lowest BCUT2D eigenvalue weighted by atomic mass is 9.80. The van der Waals surface area contributed by atoms with Crippen LogP contribution >= 0.6 is 0 Å². The van der Waals surface area contributed by atoms with Gasteiger partial charge in [-0.1, -0.05) is 13.8 Å². The molecule has 0 radical (unpaired) electrons. The lowest BCUT2D eigenvalue weighted by Gasteiger charge is -2.32. The van der Waals surface area contributed by atoms with Gasteiger partial charge in [0.1, 0.15) is 6.61 Å². The second-order valence-corrected chi connectivity index (χ2v) is 6.20. The van der Waals surface area contributed by atoms with Gasteiger partial charge in [-0.15, -0.1) is 0 Å². The molecule has 0 aliphatic heterocycles. The molecule has 0 bridgehead atoms. The highest BCUT2D eigenvalue weighted by Crippen LogP contribution is 2.33. The van der Waals surface area contributed by atoms with Crippen molar-refractivity contribution >= 4 is 5.69 Å². The molecule has 0 spiro atoms. The maximum Gasteiger partial charge on any atom is 0.163 e. The Morgan fingerprint density at radius 3 is 2.48 bits per heavy atom. The fourth-order valence-electron chi connectivity index (χ4n) is 3.34. The van der Waals surface area contributed by atoms with Crippen LogP contribution in [0.25, 0.3) is 0 Å². The number of ether oxygens (including phenoxy) is 2. The van der Waals surface area contributed by atoms with Crippen molar-refractivity contribution in [1.82, 2.24) is 0 Å². The number of aliphatic hydroxyl groups excluding tert-OH is 1. The third-order valence-corrected chi connectivity index (χ3v) is 4.06. The molecular weight excluding hydrogens is 266 g/mol. The van der Waals surface area contributed by atoms with E-state index in [1.807, 2.05) is 18.2 Å². The van der Waals surface area contributed by atoms with Crippen molar-refractivity contribution in [3.05, 3.63) is 18.2 Å². The summed E-state index contributed by atoms with van der Waals surface area (Å²) in [4.78, 5) is 0. The Hall–Kier alpha value is -1.42. The van der Waals surface area contributed by atoms with Crippen molar-refractivity contribution < 1.29 is 14.6 Å². The van der Waals surface area contributed by atoms with Gasteiger partial charge in [0.05, 0.1) is 13.7 Å². The zero-order chi connectivity index (χ0) is 15.2. The summed E-state index contributed by atoms with van der Waals surface area (Å²) in [6.07, 6.45) is 3.75. The Bertz CT molecular complexity index is 440. The molecule has 2 atom stereocenters. The molecule has 118 valence electrons. The van der Waals surface area contributed by atoms with Gasteiger partial charge in [-0.05, 0) is 43.2 Å². The van der Waals surface area contributed by atoms with Gasteiger partial charge in [0.15, 0.2) is 11.5 Å². The van der Waals surface area contributed by atoms with Gasteiger partial charge in [-0.25, -0.2) is 0 Å². The van der Waals surface area contributed by atoms with E-state index in [9.17, 15) is 0 Å². The first-order chi connectivity index (χ1) is 10.1. The second kappa shape index (κ2) is 7.55. The maximum absolute atomic E-state index is 8.90. The molecule has 4 nitrogen and oxygen atoms in total. The van der Waals surface area contributed by atoms with Gasteiger partial charge < -0.3 is 19.9 Å². The van der Waals surface area contributed by atoms with Crippen molar-refractivity contribution in [2.45, 2.75) is 39.2 Å². The zero-order valence-corrected chi connectivity index (χ0v) is 13.3. The van der Waals surface area contributed by atoms with Crippen LogP contribution in [0.15, 0.2) is 18.2 Å². The number of hydrogen-bond acceptors (Lipinski definition) is 4. The summed E-state index contributed by atoms with van der Waals surface area (Å²) in [5.74, 6) is 2.91. The van der Waals surface area contributed by atoms with Gasteiger partial charge in [0.25, 0.3) is 0 Å². The van der Waals surface area contributed by atoms with Crippen molar-refractivity contribution in [2.75, 3.05) is 25.6 Å². The molecule has 0 aromatic heterocycles. The lowest BCUT2D eigenvalue weighted by Crippen LogP contribution is -2.30. The van der Waals surface area contributed by atoms with Crippen molar-refractivity contribution in [1.29, 1.82) is 0 Å². The molecule has 1 aromatic carbocycles. The number of aliphatic hydroxyl groups is 1. The molecule has 1 saturated carbocycles. The first-order valence-corrected chi connectivity index (χ1v) is 7.80. The molecule has 1 aliphatic rings. The van der Waals surface area contributed by atoms with Crippen molar-refractivity contribution in [3.8, 4) is 11.5 Å². The molecule has 0 heterocycles. The minimum atomic E-state index is -0.00152. The van der Waals surface area contributed by atoms with Crippen LogP contribution in [-0.2, 0) is 0 Å². The molecule has 1 aromatic rings. The number of hydrogen-bond donors (Lipinski definition) is 2. The summed E-state index contributed by atoms with van der Waals surface area (Å²) in [7, 11) is 1.62. The summed E-state index contributed by atoms with van der Waals surface area (Å²) < 4.78 is 10.8. The lowest BCUT2D eigenvalue weighted by molar-refractivity contribution is 0.196. The van der Waals surface area contributed by atoms with Gasteiger partial charge >= 0.3 is 0 Å². The van der Waals surface area contributed by atoms with Gasteiger partial charge in [0, 0.05) is 17.8 Å². The van der Waals surface area contributed by atoms with E-state index in [4.69, 9.17) is 14.6 Å². The Kier molecular flexibility index (Phi) is 5.74. The van der Waals surface area contributed by atoms with E-state index in [-0.39, 0.29) is 13.2 Å². The van der Waals surface area contributed by atoms with Crippen LogP contribution in [0.3, 0.4) is 0 Å². The molecule has 21 heavy (non-hydrogen) atoms. The average Bonchev–Trinajstić information content (AvgIpc) is 2.44. The fourth-order valence-corrected chi connectivity index (χ4v) is 3.34. The summed E-state index contributed by atoms with van der Waals surface area (Å²) >= 11 is 0. The fraction of sp³-hybridized carbons (Fsp3) is 0.647. The topological polar surface area (TPSA) is 50.7 Å². The van der Waals surface area contributed by atoms with E-state index in [1.165, 1.54) is 19.3 Å². The van der Waals surface area contributed by atoms with Gasteiger partial charge in [0.2, 0.25) is 0 Å². The molecule has 4 heteroatoms. The molecule has 1 aliphatic carbocycles. The maximum atomic E-state index is 8.90. The Morgan fingerprint density at radius 2 is 1.86 bits per heavy atom. The van der Waals surface area contributed by atoms with E-state index >= 15 is 0 Å². The van der Waals surface area contributed by atoms with Crippen molar-refractivity contribution in [3.63, 3.8) is 0 Å². The third kappa shape index (κ3) is 4.53. The average molecular weight is 293 g/mol. The quantitative estimate of drug-likeness (QED) is 0.845. The van der Waals surface area contributed by atoms with Crippen LogP contribution in [0.5, 0.6) is 11.5 Å². The second-order valence-electron chi connectivity index (χ2n) is 6.20. The molecule has 2 rings (SSSR count). The van der Waals surface area contributed by atoms with Crippen molar-refractivity contribution in [2.24, 2.45) is 11.8 Å². The van der Waals surface area contributed by atoms with Gasteiger partial charge in [-0.3, -0.25) is 0 Å². The Balaban J connectivity index is 2.05. The summed E-state index contributed by atoms with van der Waals surface area (Å²) in [6.45, 7) is 4.93. The zero-order valence-electron chi connectivity index (χ0n) is 13.3. The molecule has 0 amide bonds. The predicted molar refractivity (Wildman–Crippen MR) is 85.2 cm³/mol.